The van der Waals surface area contributed by atoms with Gasteiger partial charge in [-0.1, -0.05) is 64.3 Å². The van der Waals surface area contributed by atoms with Crippen LogP contribution in [0.15, 0.2) is 30.3 Å². The molecule has 0 aliphatic heterocycles. The standard InChI is InChI=1S/C33H48O8/c1-8-11-18-27(34)40-28-25-17-15-14-16-24(25)21-26(39-30(35)32(4,5)22-37-19-12-9-2)29(28)41-31(36)33(6,7)23-38-20-13-10-3/h14-17,21H,8-13,18-20,22-23H2,1-7H3. The molecule has 0 amide bonds. The number of carbonyl (C=O) groups excluding carboxylic acids is 3. The molecule has 8 nitrogen and oxygen atoms in total. The first-order chi connectivity index (χ1) is 19.5. The number of benzene rings is 2. The van der Waals surface area contributed by atoms with Gasteiger partial charge in [-0.3, -0.25) is 14.4 Å². The van der Waals surface area contributed by atoms with Crippen molar-refractivity contribution < 1.29 is 38.1 Å². The van der Waals surface area contributed by atoms with Gasteiger partial charge in [0.2, 0.25) is 5.75 Å². The lowest BCUT2D eigenvalue weighted by Gasteiger charge is -2.26. The Morgan fingerprint density at radius 1 is 0.683 bits per heavy atom. The molecule has 0 bridgehead atoms. The summed E-state index contributed by atoms with van der Waals surface area (Å²) in [5, 5.41) is 1.21. The van der Waals surface area contributed by atoms with Crippen LogP contribution in [0.5, 0.6) is 17.2 Å². The molecule has 41 heavy (non-hydrogen) atoms. The predicted molar refractivity (Wildman–Crippen MR) is 159 cm³/mol. The smallest absolute Gasteiger partial charge is 0.319 e. The summed E-state index contributed by atoms with van der Waals surface area (Å²) in [7, 11) is 0. The highest BCUT2D eigenvalue weighted by Crippen LogP contribution is 2.45. The highest BCUT2D eigenvalue weighted by Gasteiger charge is 2.36. The largest absolute Gasteiger partial charge is 0.422 e. The number of esters is 3. The molecular weight excluding hydrogens is 524 g/mol. The van der Waals surface area contributed by atoms with Crippen LogP contribution >= 0.6 is 0 Å². The van der Waals surface area contributed by atoms with Gasteiger partial charge in [-0.05, 0) is 58.4 Å². The monoisotopic (exact) mass is 572 g/mol. The summed E-state index contributed by atoms with van der Waals surface area (Å²) in [6.45, 7) is 14.4. The Morgan fingerprint density at radius 3 is 1.78 bits per heavy atom. The van der Waals surface area contributed by atoms with E-state index in [1.165, 1.54) is 0 Å². The highest BCUT2D eigenvalue weighted by molar-refractivity contribution is 5.97. The minimum atomic E-state index is -1.02. The number of carbonyl (C=O) groups is 3. The Morgan fingerprint density at radius 2 is 1.22 bits per heavy atom. The van der Waals surface area contributed by atoms with Crippen LogP contribution in [0.25, 0.3) is 10.8 Å². The quantitative estimate of drug-likeness (QED) is 0.103. The average Bonchev–Trinajstić information content (AvgIpc) is 2.93. The maximum atomic E-state index is 13.5. The summed E-state index contributed by atoms with van der Waals surface area (Å²) in [5.41, 5.74) is -2.00. The third kappa shape index (κ3) is 10.4. The van der Waals surface area contributed by atoms with Gasteiger partial charge in [-0.25, -0.2) is 0 Å². The first kappa shape index (κ1) is 34.2. The van der Waals surface area contributed by atoms with Gasteiger partial charge in [-0.2, -0.15) is 0 Å². The Balaban J connectivity index is 2.52. The molecule has 2 aromatic rings. The number of fused-ring (bicyclic) bond motifs is 1. The van der Waals surface area contributed by atoms with E-state index in [1.807, 2.05) is 19.1 Å². The van der Waals surface area contributed by atoms with Crippen LogP contribution in [0.4, 0.5) is 0 Å². The van der Waals surface area contributed by atoms with E-state index in [-0.39, 0.29) is 36.9 Å². The van der Waals surface area contributed by atoms with Crippen molar-refractivity contribution in [1.29, 1.82) is 0 Å². The fourth-order valence-corrected chi connectivity index (χ4v) is 3.76. The van der Waals surface area contributed by atoms with Crippen molar-refractivity contribution in [3.05, 3.63) is 30.3 Å². The molecule has 0 heterocycles. The number of hydrogen-bond donors (Lipinski definition) is 0. The second kappa shape index (κ2) is 16.5. The summed E-state index contributed by atoms with van der Waals surface area (Å²) in [4.78, 5) is 39.7. The van der Waals surface area contributed by atoms with Crippen LogP contribution < -0.4 is 14.2 Å². The van der Waals surface area contributed by atoms with E-state index in [9.17, 15) is 14.4 Å². The van der Waals surface area contributed by atoms with Gasteiger partial charge in [0.1, 0.15) is 0 Å². The van der Waals surface area contributed by atoms with E-state index in [0.717, 1.165) is 32.1 Å². The van der Waals surface area contributed by atoms with Crippen molar-refractivity contribution in [2.75, 3.05) is 26.4 Å². The van der Waals surface area contributed by atoms with Crippen LogP contribution in [-0.2, 0) is 23.9 Å². The lowest BCUT2D eigenvalue weighted by molar-refractivity contribution is -0.150. The number of unbranched alkanes of at least 4 members (excludes halogenated alkanes) is 3. The molecule has 0 saturated carbocycles. The molecule has 0 fully saturated rings. The van der Waals surface area contributed by atoms with Crippen molar-refractivity contribution in [3.63, 3.8) is 0 Å². The van der Waals surface area contributed by atoms with Crippen molar-refractivity contribution in [3.8, 4) is 17.2 Å². The fourth-order valence-electron chi connectivity index (χ4n) is 3.76. The molecular formula is C33H48O8. The number of rotatable bonds is 18. The van der Waals surface area contributed by atoms with Gasteiger partial charge < -0.3 is 23.7 Å². The van der Waals surface area contributed by atoms with E-state index >= 15 is 0 Å². The van der Waals surface area contributed by atoms with Gasteiger partial charge in [0.25, 0.3) is 0 Å². The van der Waals surface area contributed by atoms with Crippen LogP contribution in [0, 0.1) is 10.8 Å². The first-order valence-electron chi connectivity index (χ1n) is 14.8. The molecule has 0 radical (unpaired) electrons. The Kier molecular flexibility index (Phi) is 13.7. The van der Waals surface area contributed by atoms with Gasteiger partial charge in [0.15, 0.2) is 11.5 Å². The lowest BCUT2D eigenvalue weighted by Crippen LogP contribution is -2.35. The Bertz CT molecular complexity index is 1150. The van der Waals surface area contributed by atoms with Gasteiger partial charge in [0, 0.05) is 25.0 Å². The van der Waals surface area contributed by atoms with E-state index in [1.54, 1.807) is 45.9 Å². The van der Waals surface area contributed by atoms with Crippen LogP contribution in [0.1, 0.15) is 93.4 Å². The molecule has 8 heteroatoms. The van der Waals surface area contributed by atoms with Gasteiger partial charge >= 0.3 is 17.9 Å². The third-order valence-electron chi connectivity index (χ3n) is 6.59. The fraction of sp³-hybridized carbons (Fsp3) is 0.606. The van der Waals surface area contributed by atoms with Crippen molar-refractivity contribution >= 4 is 28.7 Å². The molecule has 0 N–H and O–H groups in total. The molecule has 2 rings (SSSR count). The summed E-state index contributed by atoms with van der Waals surface area (Å²) < 4.78 is 29.1. The van der Waals surface area contributed by atoms with Crippen LogP contribution in [-0.4, -0.2) is 44.3 Å². The molecule has 0 atom stereocenters. The molecule has 0 aromatic heterocycles. The second-order valence-corrected chi connectivity index (χ2v) is 11.7. The van der Waals surface area contributed by atoms with E-state index in [2.05, 4.69) is 13.8 Å². The Hall–Kier alpha value is -2.97. The van der Waals surface area contributed by atoms with E-state index in [0.29, 0.717) is 30.4 Å². The molecule has 2 aromatic carbocycles. The van der Waals surface area contributed by atoms with Crippen LogP contribution in [0.2, 0.25) is 0 Å². The molecule has 0 aliphatic rings. The van der Waals surface area contributed by atoms with Crippen molar-refractivity contribution in [2.24, 2.45) is 10.8 Å². The minimum Gasteiger partial charge on any atom is -0.422 e. The predicted octanol–water partition coefficient (Wildman–Crippen LogP) is 7.43. The maximum absolute atomic E-state index is 13.5. The SMILES string of the molecule is CCCCOCC(C)(C)C(=O)Oc1cc2ccccc2c(OC(=O)CCCC)c1OC(=O)C(C)(C)COCCCC. The summed E-state index contributed by atoms with van der Waals surface area (Å²) in [6.07, 6.45) is 5.39. The molecule has 0 aliphatic carbocycles. The lowest BCUT2D eigenvalue weighted by atomic mass is 9.95. The van der Waals surface area contributed by atoms with Gasteiger partial charge in [-0.15, -0.1) is 0 Å². The number of ether oxygens (including phenoxy) is 5. The molecule has 0 saturated heterocycles. The zero-order chi connectivity index (χ0) is 30.5. The molecule has 228 valence electrons. The van der Waals surface area contributed by atoms with Crippen molar-refractivity contribution in [2.45, 2.75) is 93.4 Å². The minimum absolute atomic E-state index is 0.00956. The number of hydrogen-bond acceptors (Lipinski definition) is 8. The topological polar surface area (TPSA) is 97.4 Å². The van der Waals surface area contributed by atoms with E-state index < -0.39 is 28.7 Å². The summed E-state index contributed by atoms with van der Waals surface area (Å²) in [5.74, 6) is -1.72. The first-order valence-corrected chi connectivity index (χ1v) is 14.8. The summed E-state index contributed by atoms with van der Waals surface area (Å²) >= 11 is 0. The summed E-state index contributed by atoms with van der Waals surface area (Å²) in [6, 6.07) is 8.82. The average molecular weight is 573 g/mol. The molecule has 0 spiro atoms. The normalized spacial score (nSPS) is 11.9. The zero-order valence-electron chi connectivity index (χ0n) is 25.9. The third-order valence-corrected chi connectivity index (χ3v) is 6.59. The Labute approximate surface area is 245 Å². The zero-order valence-corrected chi connectivity index (χ0v) is 25.9. The highest BCUT2D eigenvalue weighted by atomic mass is 16.6. The maximum Gasteiger partial charge on any atom is 0.319 e. The van der Waals surface area contributed by atoms with Crippen molar-refractivity contribution in [1.82, 2.24) is 0 Å². The van der Waals surface area contributed by atoms with Gasteiger partial charge in [0.05, 0.1) is 24.0 Å². The second-order valence-electron chi connectivity index (χ2n) is 11.7. The van der Waals surface area contributed by atoms with E-state index in [4.69, 9.17) is 23.7 Å². The van der Waals surface area contributed by atoms with Crippen LogP contribution in [0.3, 0.4) is 0 Å². The molecule has 0 unspecified atom stereocenters.